The van der Waals surface area contributed by atoms with Gasteiger partial charge in [0.1, 0.15) is 0 Å². The molecule has 0 atom stereocenters. The second kappa shape index (κ2) is 10.8. The minimum atomic E-state index is -0.735. The van der Waals surface area contributed by atoms with Crippen molar-refractivity contribution in [2.75, 3.05) is 20.7 Å². The van der Waals surface area contributed by atoms with Crippen LogP contribution >= 0.6 is 0 Å². The number of fused-ring (bicyclic) bond motifs is 2. The lowest BCUT2D eigenvalue weighted by Crippen LogP contribution is -2.54. The van der Waals surface area contributed by atoms with Gasteiger partial charge >= 0.3 is 12.1 Å². The summed E-state index contributed by atoms with van der Waals surface area (Å²) in [5.41, 5.74) is 1.02. The number of aromatic nitrogens is 6. The zero-order valence-electron chi connectivity index (χ0n) is 20.8. The average molecular weight is 529 g/mol. The summed E-state index contributed by atoms with van der Waals surface area (Å²) in [6.07, 6.45) is 11.8. The van der Waals surface area contributed by atoms with Gasteiger partial charge in [0.15, 0.2) is 17.5 Å². The van der Waals surface area contributed by atoms with E-state index >= 15 is 0 Å². The zero-order valence-corrected chi connectivity index (χ0v) is 20.8. The van der Waals surface area contributed by atoms with Gasteiger partial charge < -0.3 is 5.32 Å². The van der Waals surface area contributed by atoms with Gasteiger partial charge in [0.2, 0.25) is 0 Å². The van der Waals surface area contributed by atoms with Crippen molar-refractivity contribution in [3.05, 3.63) is 110 Å². The van der Waals surface area contributed by atoms with Gasteiger partial charge in [0, 0.05) is 48.0 Å². The summed E-state index contributed by atoms with van der Waals surface area (Å²) in [4.78, 5) is 53.6. The van der Waals surface area contributed by atoms with E-state index in [1.165, 1.54) is 37.2 Å². The number of carbonyl (C=O) groups is 2. The quantitative estimate of drug-likeness (QED) is 0.303. The third-order valence-electron chi connectivity index (χ3n) is 5.88. The highest BCUT2D eigenvalue weighted by molar-refractivity contribution is 6.15. The van der Waals surface area contributed by atoms with E-state index in [1.54, 1.807) is 24.5 Å². The number of hydrogen-bond donors (Lipinski definition) is 2. The molecule has 4 amide bonds. The van der Waals surface area contributed by atoms with Crippen molar-refractivity contribution in [3.8, 4) is 0 Å². The Morgan fingerprint density at radius 1 is 0.600 bits per heavy atom. The lowest BCUT2D eigenvalue weighted by Gasteiger charge is -2.33. The fourth-order valence-electron chi connectivity index (χ4n) is 4.15. The van der Waals surface area contributed by atoms with Crippen molar-refractivity contribution >= 4 is 56.9 Å². The van der Waals surface area contributed by atoms with E-state index in [2.05, 4.69) is 40.5 Å². The molecule has 12 heteroatoms. The summed E-state index contributed by atoms with van der Waals surface area (Å²) >= 11 is 0. The third-order valence-corrected chi connectivity index (χ3v) is 5.88. The summed E-state index contributed by atoms with van der Waals surface area (Å²) in [7, 11) is 0. The summed E-state index contributed by atoms with van der Waals surface area (Å²) in [5.74, 6) is 0.420. The molecular formula is C28H20N10O2. The number of carbonyl (C=O) groups excluding carboxylic acids is 2. The smallest absolute Gasteiger partial charge is 0.304 e. The molecule has 4 aromatic heterocycles. The molecular weight excluding hydrogens is 508 g/mol. The molecule has 0 fully saturated rings. The number of benzene rings is 2. The van der Waals surface area contributed by atoms with E-state index < -0.39 is 12.1 Å². The molecule has 0 radical (unpaired) electrons. The average Bonchev–Trinajstić information content (AvgIpc) is 3.00. The summed E-state index contributed by atoms with van der Waals surface area (Å²) in [6.45, 7) is 0. The van der Waals surface area contributed by atoms with E-state index in [0.717, 1.165) is 20.8 Å². The Hall–Kier alpha value is -6.04. The van der Waals surface area contributed by atoms with Gasteiger partial charge in [-0.1, -0.05) is 42.5 Å². The maximum Gasteiger partial charge on any atom is 0.348 e. The van der Waals surface area contributed by atoms with Crippen molar-refractivity contribution in [1.29, 1.82) is 0 Å². The zero-order chi connectivity index (χ0) is 27.3. The number of hydrogen-bond acceptors (Lipinski definition) is 8. The van der Waals surface area contributed by atoms with Gasteiger partial charge in [-0.05, 0) is 23.6 Å². The number of urea groups is 2. The molecule has 0 spiro atoms. The minimum Gasteiger partial charge on any atom is -0.304 e. The Morgan fingerprint density at radius 2 is 1.38 bits per heavy atom. The maximum absolute atomic E-state index is 14.1. The van der Waals surface area contributed by atoms with Crippen LogP contribution in [0.2, 0.25) is 0 Å². The van der Waals surface area contributed by atoms with E-state index in [-0.39, 0.29) is 17.5 Å². The Bertz CT molecular complexity index is 1810. The fraction of sp³-hybridized carbons (Fsp3) is 0. The van der Waals surface area contributed by atoms with Crippen molar-refractivity contribution in [2.24, 2.45) is 0 Å². The van der Waals surface area contributed by atoms with Crippen LogP contribution in [0.25, 0.3) is 21.7 Å². The van der Waals surface area contributed by atoms with Crippen LogP contribution in [0.15, 0.2) is 110 Å². The van der Waals surface area contributed by atoms with E-state index in [4.69, 9.17) is 0 Å². The van der Waals surface area contributed by atoms with Gasteiger partial charge in [-0.25, -0.2) is 24.5 Å². The minimum absolute atomic E-state index is 0.0669. The lowest BCUT2D eigenvalue weighted by molar-refractivity contribution is 0.248. The first-order chi connectivity index (χ1) is 19.7. The largest absolute Gasteiger partial charge is 0.348 e. The van der Waals surface area contributed by atoms with Crippen LogP contribution in [0, 0.1) is 0 Å². The second-order valence-electron chi connectivity index (χ2n) is 8.37. The monoisotopic (exact) mass is 528 g/mol. The Balaban J connectivity index is 1.50. The Morgan fingerprint density at radius 3 is 2.20 bits per heavy atom. The maximum atomic E-state index is 14.1. The highest BCUT2D eigenvalue weighted by Gasteiger charge is 2.33. The van der Waals surface area contributed by atoms with Crippen LogP contribution in [0.4, 0.5) is 32.7 Å². The van der Waals surface area contributed by atoms with Crippen LogP contribution in [-0.2, 0) is 0 Å². The molecule has 2 aromatic carbocycles. The molecule has 6 rings (SSSR count). The Kier molecular flexibility index (Phi) is 6.53. The van der Waals surface area contributed by atoms with Crippen LogP contribution in [0.1, 0.15) is 0 Å². The molecule has 0 aliphatic carbocycles. The number of amides is 4. The molecule has 0 saturated carbocycles. The number of hydrazine groups is 1. The first-order valence-electron chi connectivity index (χ1n) is 12.1. The van der Waals surface area contributed by atoms with Crippen LogP contribution in [-0.4, -0.2) is 42.0 Å². The van der Waals surface area contributed by atoms with E-state index in [9.17, 15) is 9.59 Å². The highest BCUT2D eigenvalue weighted by Crippen LogP contribution is 2.29. The number of nitrogens with one attached hydrogen (secondary N) is 2. The van der Waals surface area contributed by atoms with Crippen molar-refractivity contribution in [1.82, 2.24) is 29.9 Å². The predicted molar refractivity (Wildman–Crippen MR) is 151 cm³/mol. The molecule has 6 aromatic rings. The van der Waals surface area contributed by atoms with Gasteiger partial charge in [0.05, 0.1) is 23.6 Å². The second-order valence-corrected chi connectivity index (χ2v) is 8.37. The summed E-state index contributed by atoms with van der Waals surface area (Å²) in [6, 6.07) is 16.9. The predicted octanol–water partition coefficient (Wildman–Crippen LogP) is 5.06. The number of anilines is 4. The topological polar surface area (TPSA) is 142 Å². The van der Waals surface area contributed by atoms with Crippen molar-refractivity contribution in [2.45, 2.75) is 0 Å². The number of rotatable bonds is 4. The Labute approximate surface area is 227 Å². The first kappa shape index (κ1) is 24.3. The standard InChI is InChI=1S/C28H20N10O2/c39-27(35-22-9-3-6-20-7-4-11-33-25(20)22)37(24-18-30-14-16-32-24)38(28(40)36-23-17-29-13-15-31-23)26-21-8-2-1-5-19(21)10-12-34-26/h1-18H,(H,35,39)(H,31,36,40). The van der Waals surface area contributed by atoms with Gasteiger partial charge in [0.25, 0.3) is 0 Å². The first-order valence-corrected chi connectivity index (χ1v) is 12.1. The molecule has 4 heterocycles. The van der Waals surface area contributed by atoms with Gasteiger partial charge in [-0.15, -0.1) is 0 Å². The third kappa shape index (κ3) is 4.79. The molecule has 0 aliphatic rings. The van der Waals surface area contributed by atoms with Crippen LogP contribution < -0.4 is 20.7 Å². The normalized spacial score (nSPS) is 10.7. The summed E-state index contributed by atoms with van der Waals surface area (Å²) < 4.78 is 0. The molecule has 0 saturated heterocycles. The number of para-hydroxylation sites is 1. The summed E-state index contributed by atoms with van der Waals surface area (Å²) in [5, 5.41) is 9.99. The lowest BCUT2D eigenvalue weighted by atomic mass is 10.1. The number of nitrogens with zero attached hydrogens (tertiary/aromatic N) is 8. The van der Waals surface area contributed by atoms with Gasteiger partial charge in [-0.3, -0.25) is 20.3 Å². The van der Waals surface area contributed by atoms with Crippen molar-refractivity contribution in [3.63, 3.8) is 0 Å². The number of pyridine rings is 2. The van der Waals surface area contributed by atoms with E-state index in [0.29, 0.717) is 16.6 Å². The highest BCUT2D eigenvalue weighted by atomic mass is 16.2. The van der Waals surface area contributed by atoms with Crippen LogP contribution in [0.5, 0.6) is 0 Å². The fourth-order valence-corrected chi connectivity index (χ4v) is 4.15. The molecule has 0 unspecified atom stereocenters. The van der Waals surface area contributed by atoms with E-state index in [1.807, 2.05) is 48.5 Å². The molecule has 0 bridgehead atoms. The molecule has 40 heavy (non-hydrogen) atoms. The molecule has 12 nitrogen and oxygen atoms in total. The SMILES string of the molecule is O=C(Nc1cccc2cccnc12)N(c1cnccn1)N(C(=O)Nc1cnccn1)c1nccc2ccccc12. The molecule has 0 aliphatic heterocycles. The van der Waals surface area contributed by atoms with Crippen molar-refractivity contribution < 1.29 is 9.59 Å². The van der Waals surface area contributed by atoms with Gasteiger partial charge in [-0.2, -0.15) is 10.0 Å². The molecule has 2 N–H and O–H groups in total. The molecule has 194 valence electrons. The van der Waals surface area contributed by atoms with Crippen LogP contribution in [0.3, 0.4) is 0 Å².